The molecule has 3 aromatic carbocycles. The lowest BCUT2D eigenvalue weighted by Crippen LogP contribution is -2.15. The summed E-state index contributed by atoms with van der Waals surface area (Å²) >= 11 is 0. The van der Waals surface area contributed by atoms with Crippen molar-refractivity contribution in [3.63, 3.8) is 0 Å². The molecular weight excluding hydrogens is 393 g/mol. The fourth-order valence-corrected chi connectivity index (χ4v) is 4.92. The minimum atomic E-state index is -0.771. The number of benzene rings is 3. The third kappa shape index (κ3) is 4.56. The lowest BCUT2D eigenvalue weighted by Gasteiger charge is -2.29. The predicted molar refractivity (Wildman–Crippen MR) is 121 cm³/mol. The van der Waals surface area contributed by atoms with E-state index in [9.17, 15) is 8.78 Å². The van der Waals surface area contributed by atoms with E-state index in [1.807, 2.05) is 43.3 Å². The molecule has 0 atom stereocenters. The fourth-order valence-electron chi connectivity index (χ4n) is 4.92. The summed E-state index contributed by atoms with van der Waals surface area (Å²) in [5.74, 6) is -1.55. The van der Waals surface area contributed by atoms with Crippen molar-refractivity contribution >= 4 is 0 Å². The lowest BCUT2D eigenvalue weighted by atomic mass is 9.75. The van der Waals surface area contributed by atoms with Crippen LogP contribution in [0.25, 0.3) is 11.1 Å². The highest BCUT2D eigenvalue weighted by Crippen LogP contribution is 2.43. The van der Waals surface area contributed by atoms with Gasteiger partial charge in [-0.3, -0.25) is 0 Å². The average molecular weight is 423 g/mol. The van der Waals surface area contributed by atoms with Crippen molar-refractivity contribution in [1.82, 2.24) is 0 Å². The van der Waals surface area contributed by atoms with Gasteiger partial charge in [-0.1, -0.05) is 61.9 Å². The molecule has 0 heterocycles. The lowest BCUT2D eigenvalue weighted by molar-refractivity contribution is 0.375. The Labute approximate surface area is 183 Å². The third-order valence-electron chi connectivity index (χ3n) is 6.68. The minimum absolute atomic E-state index is 0.0276. The monoisotopic (exact) mass is 422 g/mol. The first kappa shape index (κ1) is 21.7. The predicted octanol–water partition coefficient (Wildman–Crippen LogP) is 8.47. The van der Waals surface area contributed by atoms with Gasteiger partial charge in [-0.2, -0.15) is 0 Å². The molecule has 0 aromatic heterocycles. The van der Waals surface area contributed by atoms with Crippen molar-refractivity contribution in [1.29, 1.82) is 0 Å². The van der Waals surface area contributed by atoms with Gasteiger partial charge in [0.15, 0.2) is 11.6 Å². The Morgan fingerprint density at radius 2 is 1.35 bits per heavy atom. The van der Waals surface area contributed by atoms with Crippen molar-refractivity contribution in [2.75, 3.05) is 0 Å². The van der Waals surface area contributed by atoms with E-state index < -0.39 is 11.6 Å². The molecule has 162 valence electrons. The largest absolute Gasteiger partial charge is 0.207 e. The van der Waals surface area contributed by atoms with Gasteiger partial charge in [0.05, 0.1) is 0 Å². The number of aryl methyl sites for hydroxylation is 2. The Bertz CT molecular complexity index is 1040. The first-order valence-electron chi connectivity index (χ1n) is 11.3. The van der Waals surface area contributed by atoms with Crippen LogP contribution in [0.4, 0.5) is 13.2 Å². The molecule has 3 heteroatoms. The van der Waals surface area contributed by atoms with Gasteiger partial charge in [-0.15, -0.1) is 0 Å². The molecule has 0 bridgehead atoms. The molecule has 0 spiro atoms. The van der Waals surface area contributed by atoms with Crippen molar-refractivity contribution in [3.05, 3.63) is 94.3 Å². The SMILES string of the molecule is CCCc1ccc(-c2ccc(C3CCC(c4ccc(C)cc4F)CC3)c(F)c2F)cc1. The maximum absolute atomic E-state index is 15.0. The van der Waals surface area contributed by atoms with Gasteiger partial charge in [0.25, 0.3) is 0 Å². The summed E-state index contributed by atoms with van der Waals surface area (Å²) in [5, 5.41) is 0. The van der Waals surface area contributed by atoms with Crippen LogP contribution >= 0.6 is 0 Å². The summed E-state index contributed by atoms with van der Waals surface area (Å²) in [7, 11) is 0. The molecule has 1 saturated carbocycles. The Morgan fingerprint density at radius 1 is 0.742 bits per heavy atom. The van der Waals surface area contributed by atoms with Crippen LogP contribution in [0.1, 0.15) is 73.1 Å². The van der Waals surface area contributed by atoms with E-state index in [-0.39, 0.29) is 17.7 Å². The molecule has 0 radical (unpaired) electrons. The molecule has 0 saturated heterocycles. The second kappa shape index (κ2) is 9.30. The van der Waals surface area contributed by atoms with Gasteiger partial charge >= 0.3 is 0 Å². The fraction of sp³-hybridized carbons (Fsp3) is 0.357. The van der Waals surface area contributed by atoms with E-state index in [0.29, 0.717) is 16.7 Å². The van der Waals surface area contributed by atoms with Crippen molar-refractivity contribution in [2.45, 2.75) is 64.2 Å². The second-order valence-electron chi connectivity index (χ2n) is 8.85. The second-order valence-corrected chi connectivity index (χ2v) is 8.85. The maximum atomic E-state index is 15.0. The Morgan fingerprint density at radius 3 is 1.97 bits per heavy atom. The van der Waals surface area contributed by atoms with Gasteiger partial charge in [-0.25, -0.2) is 13.2 Å². The van der Waals surface area contributed by atoms with Crippen LogP contribution in [0.3, 0.4) is 0 Å². The maximum Gasteiger partial charge on any atom is 0.166 e. The van der Waals surface area contributed by atoms with E-state index >= 15 is 4.39 Å². The zero-order chi connectivity index (χ0) is 22.0. The molecule has 0 nitrogen and oxygen atoms in total. The molecule has 31 heavy (non-hydrogen) atoms. The van der Waals surface area contributed by atoms with Gasteiger partial charge in [0.1, 0.15) is 5.82 Å². The summed E-state index contributed by atoms with van der Waals surface area (Å²) in [4.78, 5) is 0. The first-order chi connectivity index (χ1) is 15.0. The van der Waals surface area contributed by atoms with Crippen LogP contribution in [0.15, 0.2) is 54.6 Å². The van der Waals surface area contributed by atoms with Crippen LogP contribution in [-0.4, -0.2) is 0 Å². The Kier molecular flexibility index (Phi) is 6.50. The molecule has 1 fully saturated rings. The summed E-state index contributed by atoms with van der Waals surface area (Å²) in [6.45, 7) is 4.00. The van der Waals surface area contributed by atoms with Gasteiger partial charge < -0.3 is 0 Å². The number of hydrogen-bond donors (Lipinski definition) is 0. The number of rotatable bonds is 5. The third-order valence-corrected chi connectivity index (χ3v) is 6.68. The van der Waals surface area contributed by atoms with Crippen molar-refractivity contribution in [3.8, 4) is 11.1 Å². The van der Waals surface area contributed by atoms with Crippen molar-refractivity contribution < 1.29 is 13.2 Å². The van der Waals surface area contributed by atoms with Crippen LogP contribution in [0, 0.1) is 24.4 Å². The van der Waals surface area contributed by atoms with E-state index in [4.69, 9.17) is 0 Å². The topological polar surface area (TPSA) is 0 Å². The molecule has 0 amide bonds. The zero-order valence-electron chi connectivity index (χ0n) is 18.2. The minimum Gasteiger partial charge on any atom is -0.207 e. The van der Waals surface area contributed by atoms with E-state index in [2.05, 4.69) is 6.92 Å². The summed E-state index contributed by atoms with van der Waals surface area (Å²) in [6, 6.07) is 16.5. The molecule has 0 unspecified atom stereocenters. The van der Waals surface area contributed by atoms with E-state index in [1.54, 1.807) is 18.2 Å². The summed E-state index contributed by atoms with van der Waals surface area (Å²) in [6.07, 6.45) is 5.07. The molecular formula is C28H29F3. The highest BCUT2D eigenvalue weighted by Gasteiger charge is 2.28. The molecule has 0 aliphatic heterocycles. The Balaban J connectivity index is 1.50. The van der Waals surface area contributed by atoms with Crippen LogP contribution in [0.5, 0.6) is 0 Å². The molecule has 0 N–H and O–H groups in total. The average Bonchev–Trinajstić information content (AvgIpc) is 2.77. The first-order valence-corrected chi connectivity index (χ1v) is 11.3. The smallest absolute Gasteiger partial charge is 0.166 e. The zero-order valence-corrected chi connectivity index (χ0v) is 18.2. The summed E-state index contributed by atoms with van der Waals surface area (Å²) < 4.78 is 44.3. The number of hydrogen-bond acceptors (Lipinski definition) is 0. The molecule has 1 aliphatic rings. The highest BCUT2D eigenvalue weighted by molar-refractivity contribution is 5.65. The van der Waals surface area contributed by atoms with Gasteiger partial charge in [0.2, 0.25) is 0 Å². The van der Waals surface area contributed by atoms with E-state index in [0.717, 1.165) is 49.7 Å². The molecule has 3 aromatic rings. The normalized spacial score (nSPS) is 18.9. The van der Waals surface area contributed by atoms with Crippen LogP contribution in [0.2, 0.25) is 0 Å². The van der Waals surface area contributed by atoms with Crippen molar-refractivity contribution in [2.24, 2.45) is 0 Å². The molecule has 4 rings (SSSR count). The quantitative estimate of drug-likeness (QED) is 0.387. The van der Waals surface area contributed by atoms with Crippen LogP contribution < -0.4 is 0 Å². The molecule has 1 aliphatic carbocycles. The van der Waals surface area contributed by atoms with Gasteiger partial charge in [-0.05, 0) is 84.7 Å². The number of halogens is 3. The van der Waals surface area contributed by atoms with Gasteiger partial charge in [0, 0.05) is 5.56 Å². The standard InChI is InChI=1S/C28H29F3/c1-3-4-19-6-8-21(9-7-19)24-15-16-25(28(31)27(24)30)22-12-10-20(11-13-22)23-14-5-18(2)17-26(23)29/h5-9,14-17,20,22H,3-4,10-13H2,1-2H3. The summed E-state index contributed by atoms with van der Waals surface area (Å²) in [5.41, 5.74) is 4.31. The van der Waals surface area contributed by atoms with E-state index in [1.165, 1.54) is 5.56 Å². The highest BCUT2D eigenvalue weighted by atomic mass is 19.2. The Hall–Kier alpha value is -2.55. The van der Waals surface area contributed by atoms with Crippen LogP contribution in [-0.2, 0) is 6.42 Å².